The second kappa shape index (κ2) is 3.34. The summed E-state index contributed by atoms with van der Waals surface area (Å²) in [5, 5.41) is 0. The van der Waals surface area contributed by atoms with Crippen molar-refractivity contribution in [2.75, 3.05) is 0 Å². The largest absolute Gasteiger partial charge is 0.517 e. The van der Waals surface area contributed by atoms with Crippen LogP contribution in [0.15, 0.2) is 0 Å². The Balaban J connectivity index is 5.30. The number of nitrogens with zero attached hydrogens (tertiary/aromatic N) is 2. The average Bonchev–Trinajstić information content (AvgIpc) is 1.79. The third-order valence-electron chi connectivity index (χ3n) is 0.736. The number of hydrogen-bond acceptors (Lipinski definition) is 3. The molecule has 0 aromatic heterocycles. The van der Waals surface area contributed by atoms with E-state index in [-0.39, 0.29) is 0 Å². The summed E-state index contributed by atoms with van der Waals surface area (Å²) in [6.07, 6.45) is 0. The highest BCUT2D eigenvalue weighted by molar-refractivity contribution is 7.73. The van der Waals surface area contributed by atoms with Crippen molar-refractivity contribution in [3.63, 3.8) is 0 Å². The number of ketones is 1. The summed E-state index contributed by atoms with van der Waals surface area (Å²) in [6.45, 7) is 0.934. The highest BCUT2D eigenvalue weighted by atomic mass is 31.2. The lowest BCUT2D eigenvalue weighted by Gasteiger charge is -1.90. The van der Waals surface area contributed by atoms with Crippen molar-refractivity contribution in [2.45, 2.75) is 6.92 Å². The normalized spacial score (nSPS) is 9.73. The van der Waals surface area contributed by atoms with E-state index < -0.39 is 18.8 Å². The Kier molecular flexibility index (Phi) is 3.01. The highest BCUT2D eigenvalue weighted by Gasteiger charge is 2.37. The number of Topliss-reactive ketones (excluding diaryl/α,β-unsaturated/α-hetero) is 1. The lowest BCUT2D eigenvalue weighted by atomic mass is 10.5. The molecule has 7 nitrogen and oxygen atoms in total. The Hall–Kier alpha value is -1.09. The van der Waals surface area contributed by atoms with Crippen molar-refractivity contribution < 1.29 is 23.9 Å². The number of nitrogens with one attached hydrogen (secondary N) is 1. The fourth-order valence-electron chi connectivity index (χ4n) is 0.381. The molecule has 0 radical (unpaired) electrons. The van der Waals surface area contributed by atoms with Crippen LogP contribution in [-0.2, 0) is 9.36 Å². The molecule has 8 heteroatoms. The molecule has 60 valence electrons. The van der Waals surface area contributed by atoms with Crippen LogP contribution < -0.4 is 4.91 Å². The van der Waals surface area contributed by atoms with E-state index in [0.717, 1.165) is 6.92 Å². The van der Waals surface area contributed by atoms with Crippen molar-refractivity contribution in [3.8, 4) is 0 Å². The molecule has 0 fully saturated rings. The highest BCUT2D eigenvalue weighted by Crippen LogP contribution is 2.35. The Morgan fingerprint density at radius 1 is 1.55 bits per heavy atom. The molecule has 0 aromatic rings. The Labute approximate surface area is 61.2 Å². The van der Waals surface area contributed by atoms with Gasteiger partial charge < -0.3 is 9.79 Å². The molecule has 0 heterocycles. The fourth-order valence-corrected chi connectivity index (χ4v) is 0.953. The van der Waals surface area contributed by atoms with Gasteiger partial charge >= 0.3 is 23.5 Å². The summed E-state index contributed by atoms with van der Waals surface area (Å²) >= 11 is 0. The maximum absolute atomic E-state index is 10.4. The molecule has 0 atom stereocenters. The summed E-state index contributed by atoms with van der Waals surface area (Å²) < 4.78 is 10.4. The maximum Gasteiger partial charge on any atom is 0.517 e. The van der Waals surface area contributed by atoms with Crippen LogP contribution >= 0.6 is 7.60 Å². The summed E-state index contributed by atoms with van der Waals surface area (Å²) in [7, 11) is -4.66. The maximum atomic E-state index is 10.4. The van der Waals surface area contributed by atoms with E-state index in [1.165, 1.54) is 0 Å². The predicted octanol–water partition coefficient (Wildman–Crippen LogP) is -1.09. The van der Waals surface area contributed by atoms with Gasteiger partial charge in [0.2, 0.25) is 10.6 Å². The quantitative estimate of drug-likeness (QED) is 0.215. The van der Waals surface area contributed by atoms with E-state index in [2.05, 4.69) is 9.70 Å². The summed E-state index contributed by atoms with van der Waals surface area (Å²) in [5.74, 6) is -0.894. The fraction of sp³-hybridized carbons (Fsp3) is 0.333. The van der Waals surface area contributed by atoms with E-state index in [9.17, 15) is 9.36 Å². The second-order valence-corrected chi connectivity index (χ2v) is 3.14. The number of hydrogen-bond donors (Lipinski definition) is 3. The molecule has 0 rings (SSSR count). The van der Waals surface area contributed by atoms with Crippen LogP contribution in [0.3, 0.4) is 0 Å². The lowest BCUT2D eigenvalue weighted by Crippen LogP contribution is -2.12. The van der Waals surface area contributed by atoms with Crippen LogP contribution in [0.2, 0.25) is 0 Å². The number of carbonyl (C=O) groups is 1. The van der Waals surface area contributed by atoms with Gasteiger partial charge in [-0.15, -0.1) is 0 Å². The van der Waals surface area contributed by atoms with Crippen molar-refractivity contribution in [1.29, 1.82) is 5.53 Å². The SMILES string of the molecule is CC(=O)C(=[N+]=[N+]=N)P(=O)(O)O. The van der Waals surface area contributed by atoms with Crippen LogP contribution in [-0.4, -0.2) is 25.8 Å². The first-order chi connectivity index (χ1) is 4.89. The Morgan fingerprint density at radius 2 is 2.00 bits per heavy atom. The lowest BCUT2D eigenvalue weighted by molar-refractivity contribution is -0.127. The minimum atomic E-state index is -4.66. The molecule has 0 aliphatic rings. The third-order valence-corrected chi connectivity index (χ3v) is 1.69. The molecule has 0 aliphatic carbocycles. The first-order valence-corrected chi connectivity index (χ1v) is 4.02. The van der Waals surface area contributed by atoms with E-state index in [0.29, 0.717) is 0 Å². The van der Waals surface area contributed by atoms with Crippen molar-refractivity contribution in [3.05, 3.63) is 0 Å². The van der Waals surface area contributed by atoms with Gasteiger partial charge in [-0.05, 0) is 0 Å². The molecule has 0 spiro atoms. The van der Waals surface area contributed by atoms with E-state index in [1.807, 2.05) is 0 Å². The monoisotopic (exact) mass is 179 g/mol. The Bertz CT molecular complexity index is 305. The molecule has 11 heavy (non-hydrogen) atoms. The molecule has 0 unspecified atom stereocenters. The molecule has 0 saturated heterocycles. The first-order valence-electron chi connectivity index (χ1n) is 2.41. The number of carbonyl (C=O) groups excluding carboxylic acids is 1. The second-order valence-electron chi connectivity index (χ2n) is 1.62. The van der Waals surface area contributed by atoms with Gasteiger partial charge in [0.1, 0.15) is 0 Å². The standard InChI is InChI=1S/C3H4N3O4P/c1-2(7)3(5-6-4)11(8,9)10/h4H,1H3/p+2. The van der Waals surface area contributed by atoms with Crippen LogP contribution in [0.25, 0.3) is 0 Å². The molecule has 0 aromatic carbocycles. The Morgan fingerprint density at radius 3 is 2.09 bits per heavy atom. The minimum absolute atomic E-state index is 0.894. The molecular weight excluding hydrogens is 173 g/mol. The van der Waals surface area contributed by atoms with Gasteiger partial charge in [-0.1, -0.05) is 0 Å². The zero-order valence-corrected chi connectivity index (χ0v) is 6.45. The number of rotatable bonds is 2. The summed E-state index contributed by atoms with van der Waals surface area (Å²) in [4.78, 5) is 32.2. The van der Waals surface area contributed by atoms with Gasteiger partial charge in [0.25, 0.3) is 0 Å². The smallest absolute Gasteiger partial charge is 0.317 e. The van der Waals surface area contributed by atoms with Gasteiger partial charge in [-0.2, -0.15) is 0 Å². The summed E-state index contributed by atoms with van der Waals surface area (Å²) in [6, 6.07) is 0. The zero-order valence-electron chi connectivity index (χ0n) is 5.55. The van der Waals surface area contributed by atoms with Crippen molar-refractivity contribution in [2.24, 2.45) is 0 Å². The van der Waals surface area contributed by atoms with Crippen LogP contribution in [0.1, 0.15) is 6.92 Å². The van der Waals surface area contributed by atoms with Crippen LogP contribution in [0.4, 0.5) is 0 Å². The van der Waals surface area contributed by atoms with Crippen molar-refractivity contribution >= 4 is 18.8 Å². The molecule has 0 bridgehead atoms. The predicted molar refractivity (Wildman–Crippen MR) is 32.8 cm³/mol. The van der Waals surface area contributed by atoms with E-state index in [1.54, 1.807) is 0 Å². The zero-order chi connectivity index (χ0) is 9.07. The average molecular weight is 179 g/mol. The molecule has 0 amide bonds. The molecule has 3 N–H and O–H groups in total. The van der Waals surface area contributed by atoms with E-state index in [4.69, 9.17) is 15.3 Å². The van der Waals surface area contributed by atoms with Gasteiger partial charge in [0.05, 0.1) is 0 Å². The third kappa shape index (κ3) is 3.00. The minimum Gasteiger partial charge on any atom is -0.317 e. The summed E-state index contributed by atoms with van der Waals surface area (Å²) in [5.41, 5.74) is 5.16. The van der Waals surface area contributed by atoms with E-state index >= 15 is 0 Å². The van der Waals surface area contributed by atoms with Gasteiger partial charge in [0.15, 0.2) is 0 Å². The first kappa shape index (κ1) is 9.91. The molecule has 0 saturated carbocycles. The molecule has 0 aliphatic heterocycles. The molecular formula is C3H6N3O4P+2. The van der Waals surface area contributed by atoms with Gasteiger partial charge in [-0.3, -0.25) is 4.79 Å². The van der Waals surface area contributed by atoms with Crippen LogP contribution in [0.5, 0.6) is 0 Å². The van der Waals surface area contributed by atoms with Crippen LogP contribution in [0, 0.1) is 5.53 Å². The van der Waals surface area contributed by atoms with Gasteiger partial charge in [-0.25, -0.2) is 4.57 Å². The topological polar surface area (TPSA) is 127 Å². The van der Waals surface area contributed by atoms with Gasteiger partial charge in [0, 0.05) is 6.92 Å². The van der Waals surface area contributed by atoms with Crippen molar-refractivity contribution in [1.82, 2.24) is 4.91 Å².